The first-order chi connectivity index (χ1) is 13.8. The molecule has 2 aromatic rings. The number of aryl methyl sites for hydroxylation is 2. The van der Waals surface area contributed by atoms with Gasteiger partial charge in [-0.05, 0) is 56.2 Å². The van der Waals surface area contributed by atoms with E-state index in [2.05, 4.69) is 16.0 Å². The van der Waals surface area contributed by atoms with E-state index in [1.54, 1.807) is 32.2 Å². The van der Waals surface area contributed by atoms with Crippen LogP contribution >= 0.6 is 0 Å². The SMILES string of the molecule is COc1ccc([C@H]2NC(=O)NC(C)=C2C(=O)Nc2ccc(C)c(C)c2)c(OC)c1. The van der Waals surface area contributed by atoms with E-state index in [-0.39, 0.29) is 11.9 Å². The molecule has 3 rings (SSSR count). The summed E-state index contributed by atoms with van der Waals surface area (Å²) < 4.78 is 10.7. The Balaban J connectivity index is 2.00. The van der Waals surface area contributed by atoms with Gasteiger partial charge < -0.3 is 25.4 Å². The number of methoxy groups -OCH3 is 2. The number of allylic oxidation sites excluding steroid dienone is 1. The number of amides is 3. The van der Waals surface area contributed by atoms with Gasteiger partial charge in [0.1, 0.15) is 11.5 Å². The van der Waals surface area contributed by atoms with Gasteiger partial charge in [-0.25, -0.2) is 4.79 Å². The summed E-state index contributed by atoms with van der Waals surface area (Å²) in [6.45, 7) is 5.71. The summed E-state index contributed by atoms with van der Waals surface area (Å²) in [5.74, 6) is 0.828. The van der Waals surface area contributed by atoms with Crippen molar-refractivity contribution in [2.24, 2.45) is 0 Å². The van der Waals surface area contributed by atoms with E-state index in [9.17, 15) is 9.59 Å². The van der Waals surface area contributed by atoms with Crippen molar-refractivity contribution in [3.63, 3.8) is 0 Å². The van der Waals surface area contributed by atoms with Gasteiger partial charge in [0.15, 0.2) is 0 Å². The molecule has 0 spiro atoms. The fraction of sp³-hybridized carbons (Fsp3) is 0.273. The minimum Gasteiger partial charge on any atom is -0.497 e. The minimum atomic E-state index is -0.670. The quantitative estimate of drug-likeness (QED) is 0.722. The van der Waals surface area contributed by atoms with Gasteiger partial charge in [-0.3, -0.25) is 4.79 Å². The number of anilines is 1. The maximum absolute atomic E-state index is 13.2. The number of hydrogen-bond acceptors (Lipinski definition) is 4. The van der Waals surface area contributed by atoms with Crippen molar-refractivity contribution in [2.45, 2.75) is 26.8 Å². The predicted molar refractivity (Wildman–Crippen MR) is 111 cm³/mol. The molecule has 1 aliphatic heterocycles. The first-order valence-electron chi connectivity index (χ1n) is 9.23. The van der Waals surface area contributed by atoms with E-state index in [4.69, 9.17) is 9.47 Å². The second kappa shape index (κ2) is 8.26. The zero-order chi connectivity index (χ0) is 21.1. The van der Waals surface area contributed by atoms with Crippen molar-refractivity contribution in [3.8, 4) is 11.5 Å². The monoisotopic (exact) mass is 395 g/mol. The number of urea groups is 1. The van der Waals surface area contributed by atoms with E-state index < -0.39 is 6.04 Å². The number of carbonyl (C=O) groups excluding carboxylic acids is 2. The fourth-order valence-corrected chi connectivity index (χ4v) is 3.30. The van der Waals surface area contributed by atoms with E-state index in [0.29, 0.717) is 34.0 Å². The Kier molecular flexibility index (Phi) is 5.77. The highest BCUT2D eigenvalue weighted by atomic mass is 16.5. The summed E-state index contributed by atoms with van der Waals surface area (Å²) in [6, 6.07) is 9.94. The molecule has 0 saturated heterocycles. The molecule has 0 aromatic heterocycles. The predicted octanol–water partition coefficient (Wildman–Crippen LogP) is 3.59. The molecule has 0 fully saturated rings. The Morgan fingerprint density at radius 3 is 2.41 bits per heavy atom. The lowest BCUT2D eigenvalue weighted by Gasteiger charge is -2.29. The van der Waals surface area contributed by atoms with Crippen molar-refractivity contribution in [3.05, 3.63) is 64.4 Å². The lowest BCUT2D eigenvalue weighted by Crippen LogP contribution is -2.46. The van der Waals surface area contributed by atoms with Crippen molar-refractivity contribution in [1.29, 1.82) is 0 Å². The third-order valence-electron chi connectivity index (χ3n) is 5.03. The maximum Gasteiger partial charge on any atom is 0.319 e. The zero-order valence-corrected chi connectivity index (χ0v) is 17.2. The highest BCUT2D eigenvalue weighted by Gasteiger charge is 2.33. The molecular formula is C22H25N3O4. The van der Waals surface area contributed by atoms with Crippen LogP contribution in [-0.4, -0.2) is 26.2 Å². The van der Waals surface area contributed by atoms with Crippen LogP contribution in [0.15, 0.2) is 47.7 Å². The summed E-state index contributed by atoms with van der Waals surface area (Å²) >= 11 is 0. The molecule has 7 nitrogen and oxygen atoms in total. The summed E-state index contributed by atoms with van der Waals surface area (Å²) in [4.78, 5) is 25.3. The molecule has 0 unspecified atom stereocenters. The van der Waals surface area contributed by atoms with Crippen LogP contribution in [-0.2, 0) is 4.79 Å². The van der Waals surface area contributed by atoms with Crippen LogP contribution in [0.2, 0.25) is 0 Å². The number of ether oxygens (including phenoxy) is 2. The van der Waals surface area contributed by atoms with Gasteiger partial charge in [-0.1, -0.05) is 6.07 Å². The van der Waals surface area contributed by atoms with Crippen molar-refractivity contribution >= 4 is 17.6 Å². The number of carbonyl (C=O) groups is 2. The van der Waals surface area contributed by atoms with E-state index >= 15 is 0 Å². The molecule has 0 saturated carbocycles. The number of benzene rings is 2. The van der Waals surface area contributed by atoms with E-state index in [1.165, 1.54) is 7.11 Å². The normalized spacial score (nSPS) is 16.0. The molecule has 7 heteroatoms. The molecule has 0 aliphatic carbocycles. The number of nitrogens with one attached hydrogen (secondary N) is 3. The summed E-state index contributed by atoms with van der Waals surface area (Å²) in [5.41, 5.74) is 4.47. The van der Waals surface area contributed by atoms with Crippen LogP contribution in [0.5, 0.6) is 11.5 Å². The third kappa shape index (κ3) is 4.18. The summed E-state index contributed by atoms with van der Waals surface area (Å²) in [6.07, 6.45) is 0. The van der Waals surface area contributed by atoms with Crippen LogP contribution in [0.3, 0.4) is 0 Å². The van der Waals surface area contributed by atoms with Gasteiger partial charge in [-0.15, -0.1) is 0 Å². The topological polar surface area (TPSA) is 88.7 Å². The molecule has 1 heterocycles. The Bertz CT molecular complexity index is 998. The second-order valence-corrected chi connectivity index (χ2v) is 6.93. The molecular weight excluding hydrogens is 370 g/mol. The average molecular weight is 395 g/mol. The first-order valence-corrected chi connectivity index (χ1v) is 9.23. The fourth-order valence-electron chi connectivity index (χ4n) is 3.30. The lowest BCUT2D eigenvalue weighted by molar-refractivity contribution is -0.113. The van der Waals surface area contributed by atoms with Gasteiger partial charge >= 0.3 is 6.03 Å². The number of hydrogen-bond donors (Lipinski definition) is 3. The largest absolute Gasteiger partial charge is 0.497 e. The summed E-state index contributed by atoms with van der Waals surface area (Å²) in [7, 11) is 3.10. The van der Waals surface area contributed by atoms with Gasteiger partial charge in [0, 0.05) is 23.0 Å². The Hall–Kier alpha value is -3.48. The van der Waals surface area contributed by atoms with Crippen molar-refractivity contribution in [1.82, 2.24) is 10.6 Å². The second-order valence-electron chi connectivity index (χ2n) is 6.93. The molecule has 29 heavy (non-hydrogen) atoms. The highest BCUT2D eigenvalue weighted by Crippen LogP contribution is 2.35. The van der Waals surface area contributed by atoms with Crippen LogP contribution in [0.4, 0.5) is 10.5 Å². The van der Waals surface area contributed by atoms with Gasteiger partial charge in [-0.2, -0.15) is 0 Å². The van der Waals surface area contributed by atoms with E-state index in [1.807, 2.05) is 32.0 Å². The van der Waals surface area contributed by atoms with Gasteiger partial charge in [0.05, 0.1) is 25.8 Å². The molecule has 3 N–H and O–H groups in total. The van der Waals surface area contributed by atoms with Crippen molar-refractivity contribution in [2.75, 3.05) is 19.5 Å². The lowest BCUT2D eigenvalue weighted by atomic mass is 9.94. The Morgan fingerprint density at radius 2 is 1.76 bits per heavy atom. The highest BCUT2D eigenvalue weighted by molar-refractivity contribution is 6.07. The molecule has 152 valence electrons. The van der Waals surface area contributed by atoms with Crippen LogP contribution in [0, 0.1) is 13.8 Å². The van der Waals surface area contributed by atoms with Gasteiger partial charge in [0.25, 0.3) is 5.91 Å². The number of rotatable bonds is 5. The van der Waals surface area contributed by atoms with Crippen LogP contribution in [0.1, 0.15) is 29.7 Å². The molecule has 3 amide bonds. The first kappa shape index (κ1) is 20.3. The molecule has 2 aromatic carbocycles. The van der Waals surface area contributed by atoms with Crippen molar-refractivity contribution < 1.29 is 19.1 Å². The molecule has 1 aliphatic rings. The maximum atomic E-state index is 13.2. The Morgan fingerprint density at radius 1 is 1.00 bits per heavy atom. The zero-order valence-electron chi connectivity index (χ0n) is 17.2. The molecule has 0 bridgehead atoms. The van der Waals surface area contributed by atoms with Crippen LogP contribution in [0.25, 0.3) is 0 Å². The third-order valence-corrected chi connectivity index (χ3v) is 5.03. The van der Waals surface area contributed by atoms with E-state index in [0.717, 1.165) is 11.1 Å². The minimum absolute atomic E-state index is 0.305. The Labute approximate surface area is 170 Å². The molecule has 1 atom stereocenters. The summed E-state index contributed by atoms with van der Waals surface area (Å²) in [5, 5.41) is 8.43. The van der Waals surface area contributed by atoms with Gasteiger partial charge in [0.2, 0.25) is 0 Å². The molecule has 0 radical (unpaired) electrons. The standard InChI is InChI=1S/C22H25N3O4/c1-12-6-7-15(10-13(12)2)24-21(26)19-14(3)23-22(27)25-20(19)17-9-8-16(28-4)11-18(17)29-5/h6-11,20H,1-5H3,(H,24,26)(H2,23,25,27)/t20-/m1/s1. The average Bonchev–Trinajstić information content (AvgIpc) is 2.69. The smallest absolute Gasteiger partial charge is 0.319 e. The van der Waals surface area contributed by atoms with Crippen LogP contribution < -0.4 is 25.4 Å².